The number of carboxylic acids is 1. The molecule has 2 aromatic heterocycles. The summed E-state index contributed by atoms with van der Waals surface area (Å²) in [5.74, 6) is -1.16. The van der Waals surface area contributed by atoms with Crippen LogP contribution in [-0.4, -0.2) is 26.0 Å². The van der Waals surface area contributed by atoms with Crippen molar-refractivity contribution < 1.29 is 9.90 Å². The first-order chi connectivity index (χ1) is 9.38. The lowest BCUT2D eigenvalue weighted by atomic mass is 10.2. The van der Waals surface area contributed by atoms with Gasteiger partial charge >= 0.3 is 5.97 Å². The molecule has 2 rings (SSSR count). The molecule has 7 heteroatoms. The number of carbonyl (C=O) groups is 1. The topological polar surface area (TPSA) is 76.0 Å². The van der Waals surface area contributed by atoms with E-state index in [-0.39, 0.29) is 10.7 Å². The maximum absolute atomic E-state index is 11.0. The van der Waals surface area contributed by atoms with Crippen LogP contribution < -0.4 is 0 Å². The molecule has 0 saturated heterocycles. The highest BCUT2D eigenvalue weighted by Gasteiger charge is 2.13. The van der Waals surface area contributed by atoms with Gasteiger partial charge in [0.25, 0.3) is 0 Å². The number of hydrogen-bond acceptors (Lipinski definition) is 5. The molecule has 0 aliphatic rings. The van der Waals surface area contributed by atoms with E-state index in [4.69, 9.17) is 16.7 Å². The van der Waals surface area contributed by atoms with Crippen molar-refractivity contribution in [3.05, 3.63) is 39.8 Å². The lowest BCUT2D eigenvalue weighted by molar-refractivity contribution is 0.0690. The summed E-state index contributed by atoms with van der Waals surface area (Å²) in [6, 6.07) is 3.15. The van der Waals surface area contributed by atoms with E-state index in [0.717, 1.165) is 17.0 Å². The molecule has 0 amide bonds. The molecule has 0 atom stereocenters. The smallest absolute Gasteiger partial charge is 0.356 e. The molecule has 1 N–H and O–H groups in total. The Labute approximate surface area is 125 Å². The van der Waals surface area contributed by atoms with Crippen molar-refractivity contribution in [2.75, 3.05) is 0 Å². The zero-order chi connectivity index (χ0) is 14.9. The minimum atomic E-state index is -1.16. The molecule has 0 unspecified atom stereocenters. The number of nitrogens with zero attached hydrogens (tertiary/aromatic N) is 3. The van der Waals surface area contributed by atoms with Crippen molar-refractivity contribution in [2.24, 2.45) is 0 Å². The number of hydrogen-bond donors (Lipinski definition) is 1. The fourth-order valence-electron chi connectivity index (χ4n) is 1.51. The van der Waals surface area contributed by atoms with Gasteiger partial charge in [0.2, 0.25) is 0 Å². The number of aromatic carboxylic acids is 1. The molecule has 0 radical (unpaired) electrons. The molecule has 2 aromatic rings. The molecule has 0 fully saturated rings. The third-order valence-electron chi connectivity index (χ3n) is 2.83. The minimum absolute atomic E-state index is 0.110. The van der Waals surface area contributed by atoms with Crippen molar-refractivity contribution in [1.29, 1.82) is 0 Å². The summed E-state index contributed by atoms with van der Waals surface area (Å²) in [5.41, 5.74) is 2.67. The number of carboxylic acid groups (broad SMARTS) is 1. The van der Waals surface area contributed by atoms with Gasteiger partial charge in [-0.05, 0) is 50.2 Å². The number of aromatic nitrogens is 3. The first-order valence-electron chi connectivity index (χ1n) is 5.78. The lowest BCUT2D eigenvalue weighted by Crippen LogP contribution is -2.03. The van der Waals surface area contributed by atoms with Gasteiger partial charge in [0.05, 0.1) is 5.02 Å². The van der Waals surface area contributed by atoms with E-state index in [2.05, 4.69) is 15.0 Å². The predicted octanol–water partition coefficient (Wildman–Crippen LogP) is 3.30. The van der Waals surface area contributed by atoms with E-state index >= 15 is 0 Å². The van der Waals surface area contributed by atoms with Crippen LogP contribution in [0.4, 0.5) is 0 Å². The molecule has 0 aromatic carbocycles. The number of aryl methyl sites for hydroxylation is 2. The normalized spacial score (nSPS) is 10.6. The molecular formula is C13H12ClN3O2S. The number of halogens is 1. The van der Waals surface area contributed by atoms with Crippen LogP contribution in [0.25, 0.3) is 0 Å². The van der Waals surface area contributed by atoms with E-state index in [1.54, 1.807) is 6.07 Å². The van der Waals surface area contributed by atoms with Gasteiger partial charge < -0.3 is 5.11 Å². The quantitative estimate of drug-likeness (QED) is 0.877. The number of rotatable bonds is 3. The molecular weight excluding hydrogens is 298 g/mol. The Morgan fingerprint density at radius 3 is 2.30 bits per heavy atom. The van der Waals surface area contributed by atoms with Crippen LogP contribution in [0.1, 0.15) is 27.4 Å². The standard InChI is InChI=1S/C13H12ClN3O2S/c1-6-7(2)15-13(16-8(6)3)20-10-5-4-9(14)11(17-10)12(18)19/h4-5H,1-3H3,(H,18,19). The highest BCUT2D eigenvalue weighted by Crippen LogP contribution is 2.26. The Morgan fingerprint density at radius 2 is 1.75 bits per heavy atom. The Morgan fingerprint density at radius 1 is 1.15 bits per heavy atom. The van der Waals surface area contributed by atoms with E-state index in [1.807, 2.05) is 20.8 Å². The second-order valence-electron chi connectivity index (χ2n) is 4.19. The zero-order valence-corrected chi connectivity index (χ0v) is 12.7. The summed E-state index contributed by atoms with van der Waals surface area (Å²) < 4.78 is 0. The average Bonchev–Trinajstić information content (AvgIpc) is 2.38. The third kappa shape index (κ3) is 3.08. The Hall–Kier alpha value is -1.66. The van der Waals surface area contributed by atoms with Gasteiger partial charge in [-0.1, -0.05) is 11.6 Å². The van der Waals surface area contributed by atoms with Crippen LogP contribution >= 0.6 is 23.4 Å². The van der Waals surface area contributed by atoms with Gasteiger partial charge in [-0.2, -0.15) is 0 Å². The van der Waals surface area contributed by atoms with Gasteiger partial charge in [-0.15, -0.1) is 0 Å². The maximum atomic E-state index is 11.0. The van der Waals surface area contributed by atoms with Crippen molar-refractivity contribution in [3.63, 3.8) is 0 Å². The molecule has 5 nitrogen and oxygen atoms in total. The van der Waals surface area contributed by atoms with E-state index in [9.17, 15) is 4.79 Å². The minimum Gasteiger partial charge on any atom is -0.476 e. The van der Waals surface area contributed by atoms with Gasteiger partial charge in [0, 0.05) is 11.4 Å². The summed E-state index contributed by atoms with van der Waals surface area (Å²) in [4.78, 5) is 23.7. The Kier molecular flexibility index (Phi) is 4.25. The summed E-state index contributed by atoms with van der Waals surface area (Å²) in [6.45, 7) is 5.78. The first kappa shape index (κ1) is 14.7. The van der Waals surface area contributed by atoms with Crippen molar-refractivity contribution >= 4 is 29.3 Å². The van der Waals surface area contributed by atoms with Crippen molar-refractivity contribution in [3.8, 4) is 0 Å². The fraction of sp³-hybridized carbons (Fsp3) is 0.231. The second kappa shape index (κ2) is 5.76. The molecule has 0 saturated carbocycles. The number of pyridine rings is 1. The Balaban J connectivity index is 2.35. The van der Waals surface area contributed by atoms with Crippen LogP contribution in [-0.2, 0) is 0 Å². The van der Waals surface area contributed by atoms with Crippen LogP contribution in [0.5, 0.6) is 0 Å². The van der Waals surface area contributed by atoms with Crippen LogP contribution in [0, 0.1) is 20.8 Å². The first-order valence-corrected chi connectivity index (χ1v) is 6.97. The summed E-state index contributed by atoms with van der Waals surface area (Å²) in [7, 11) is 0. The molecule has 0 spiro atoms. The van der Waals surface area contributed by atoms with Gasteiger partial charge in [-0.3, -0.25) is 0 Å². The molecule has 20 heavy (non-hydrogen) atoms. The molecule has 0 aliphatic carbocycles. The molecule has 2 heterocycles. The highest BCUT2D eigenvalue weighted by atomic mass is 35.5. The highest BCUT2D eigenvalue weighted by molar-refractivity contribution is 7.99. The molecule has 0 aliphatic heterocycles. The van der Waals surface area contributed by atoms with E-state index < -0.39 is 5.97 Å². The van der Waals surface area contributed by atoms with Gasteiger partial charge in [0.15, 0.2) is 10.9 Å². The third-order valence-corrected chi connectivity index (χ3v) is 3.94. The lowest BCUT2D eigenvalue weighted by Gasteiger charge is -2.07. The van der Waals surface area contributed by atoms with Crippen LogP contribution in [0.3, 0.4) is 0 Å². The SMILES string of the molecule is Cc1nc(Sc2ccc(Cl)c(C(=O)O)n2)nc(C)c1C. The van der Waals surface area contributed by atoms with Crippen LogP contribution in [0.2, 0.25) is 5.02 Å². The van der Waals surface area contributed by atoms with E-state index in [1.165, 1.54) is 17.8 Å². The molecule has 0 bridgehead atoms. The largest absolute Gasteiger partial charge is 0.476 e. The maximum Gasteiger partial charge on any atom is 0.356 e. The monoisotopic (exact) mass is 309 g/mol. The van der Waals surface area contributed by atoms with Crippen molar-refractivity contribution in [2.45, 2.75) is 31.0 Å². The average molecular weight is 310 g/mol. The fourth-order valence-corrected chi connectivity index (χ4v) is 2.52. The van der Waals surface area contributed by atoms with Gasteiger partial charge in [-0.25, -0.2) is 19.7 Å². The molecule has 104 valence electrons. The summed E-state index contributed by atoms with van der Waals surface area (Å²) in [5, 5.41) is 10.1. The zero-order valence-electron chi connectivity index (χ0n) is 11.1. The summed E-state index contributed by atoms with van der Waals surface area (Å²) in [6.07, 6.45) is 0. The van der Waals surface area contributed by atoms with Gasteiger partial charge in [0.1, 0.15) is 5.03 Å². The summed E-state index contributed by atoms with van der Waals surface area (Å²) >= 11 is 6.99. The van der Waals surface area contributed by atoms with Crippen molar-refractivity contribution in [1.82, 2.24) is 15.0 Å². The predicted molar refractivity (Wildman–Crippen MR) is 76.6 cm³/mol. The Bertz CT molecular complexity index is 668. The van der Waals surface area contributed by atoms with Crippen LogP contribution in [0.15, 0.2) is 22.3 Å². The van der Waals surface area contributed by atoms with E-state index in [0.29, 0.717) is 10.2 Å². The second-order valence-corrected chi connectivity index (χ2v) is 5.58.